The predicted molar refractivity (Wildman–Crippen MR) is 60.1 cm³/mol. The van der Waals surface area contributed by atoms with Gasteiger partial charge in [-0.25, -0.2) is 4.79 Å². The molecule has 0 saturated heterocycles. The first-order valence-corrected chi connectivity index (χ1v) is 4.68. The summed E-state index contributed by atoms with van der Waals surface area (Å²) in [6.45, 7) is 0. The zero-order valence-electron chi connectivity index (χ0n) is 10.4. The van der Waals surface area contributed by atoms with Crippen molar-refractivity contribution in [1.29, 1.82) is 0 Å². The van der Waals surface area contributed by atoms with E-state index in [1.54, 1.807) is 6.07 Å². The Balaban J connectivity index is 0.00000128. The van der Waals surface area contributed by atoms with Crippen molar-refractivity contribution in [3.05, 3.63) is 42.5 Å². The molecule has 0 aliphatic heterocycles. The summed E-state index contributed by atoms with van der Waals surface area (Å²) in [4.78, 5) is 11.1. The Morgan fingerprint density at radius 2 is 1.88 bits per heavy atom. The summed E-state index contributed by atoms with van der Waals surface area (Å²) in [5, 5.41) is 4.41. The molecule has 0 aromatic heterocycles. The number of rotatable bonds is 1. The molecular weight excluding hydrogens is 229 g/mol. The number of carbonyl (C=O) groups excluding carboxylic acids is 1. The summed E-state index contributed by atoms with van der Waals surface area (Å²) in [5.74, 6) is 0.576. The van der Waals surface area contributed by atoms with E-state index in [0.717, 1.165) is 10.8 Å². The Morgan fingerprint density at radius 3 is 2.62 bits per heavy atom. The van der Waals surface area contributed by atoms with E-state index in [1.165, 1.54) is 7.05 Å². The first-order valence-electron chi connectivity index (χ1n) is 4.68. The van der Waals surface area contributed by atoms with Crippen LogP contribution in [-0.2, 0) is 0 Å². The van der Waals surface area contributed by atoms with Gasteiger partial charge in [-0.15, -0.1) is 0 Å². The van der Waals surface area contributed by atoms with Gasteiger partial charge in [-0.05, 0) is 11.5 Å². The maximum absolute atomic E-state index is 11.1. The average Bonchev–Trinajstić information content (AvgIpc) is 2.29. The van der Waals surface area contributed by atoms with Crippen LogP contribution in [0.5, 0.6) is 5.75 Å². The minimum absolute atomic E-state index is 0. The van der Waals surface area contributed by atoms with Gasteiger partial charge < -0.3 is 11.5 Å². The molecule has 1 amide bonds. The topological polar surface area (TPSA) is 38.3 Å². The monoisotopic (exact) mass is 241 g/mol. The first-order chi connectivity index (χ1) is 7.31. The largest absolute Gasteiger partial charge is 1.00 e. The van der Waals surface area contributed by atoms with Gasteiger partial charge in [0.15, 0.2) is 0 Å². The van der Waals surface area contributed by atoms with Crippen molar-refractivity contribution >= 4 is 16.9 Å². The van der Waals surface area contributed by atoms with Gasteiger partial charge in [-0.3, -0.25) is 0 Å². The average molecular weight is 241 g/mol. The molecule has 0 aliphatic carbocycles. The van der Waals surface area contributed by atoms with Crippen molar-refractivity contribution in [3.63, 3.8) is 0 Å². The van der Waals surface area contributed by atoms with Crippen molar-refractivity contribution in [2.75, 3.05) is 7.05 Å². The fourth-order valence-electron chi connectivity index (χ4n) is 1.44. The molecule has 0 fully saturated rings. The molecule has 16 heavy (non-hydrogen) atoms. The molecule has 0 unspecified atom stereocenters. The maximum atomic E-state index is 11.1. The molecule has 3 nitrogen and oxygen atoms in total. The number of hydrogen-bond donors (Lipinski definition) is 1. The molecule has 2 aromatic rings. The van der Waals surface area contributed by atoms with Crippen LogP contribution in [0.2, 0.25) is 0 Å². The summed E-state index contributed by atoms with van der Waals surface area (Å²) >= 11 is 0. The zero-order valence-corrected chi connectivity index (χ0v) is 12.5. The minimum atomic E-state index is -0.452. The normalized spacial score (nSPS) is 9.31. The van der Waals surface area contributed by atoms with Crippen LogP contribution in [0.15, 0.2) is 42.5 Å². The summed E-state index contributed by atoms with van der Waals surface area (Å²) in [5.41, 5.74) is 0. The van der Waals surface area contributed by atoms with Crippen molar-refractivity contribution in [3.8, 4) is 5.75 Å². The van der Waals surface area contributed by atoms with Crippen LogP contribution >= 0.6 is 0 Å². The summed E-state index contributed by atoms with van der Waals surface area (Å²) in [7, 11) is 1.54. The third-order valence-electron chi connectivity index (χ3n) is 2.16. The van der Waals surface area contributed by atoms with E-state index in [9.17, 15) is 4.79 Å². The SMILES string of the molecule is CNC(=O)Oc1cccc2ccccc12.[H-].[K+]. The quantitative estimate of drug-likeness (QED) is 0.695. The van der Waals surface area contributed by atoms with Gasteiger partial charge in [0.05, 0.1) is 0 Å². The number of benzene rings is 2. The molecule has 4 heteroatoms. The molecule has 78 valence electrons. The van der Waals surface area contributed by atoms with Crippen LogP contribution in [0.1, 0.15) is 1.43 Å². The molecular formula is C12H12KNO2. The molecule has 0 radical (unpaired) electrons. The molecule has 0 saturated carbocycles. The molecule has 1 N–H and O–H groups in total. The Morgan fingerprint density at radius 1 is 1.19 bits per heavy atom. The van der Waals surface area contributed by atoms with Crippen LogP contribution in [0.3, 0.4) is 0 Å². The van der Waals surface area contributed by atoms with Gasteiger partial charge in [0, 0.05) is 12.4 Å². The van der Waals surface area contributed by atoms with Gasteiger partial charge in [0.25, 0.3) is 0 Å². The number of ether oxygens (including phenoxy) is 1. The van der Waals surface area contributed by atoms with E-state index in [-0.39, 0.29) is 52.8 Å². The maximum Gasteiger partial charge on any atom is 1.00 e. The van der Waals surface area contributed by atoms with Crippen molar-refractivity contribution in [1.82, 2.24) is 5.32 Å². The number of carbonyl (C=O) groups is 1. The molecule has 0 spiro atoms. The van der Waals surface area contributed by atoms with E-state index in [4.69, 9.17) is 4.74 Å². The predicted octanol–water partition coefficient (Wildman–Crippen LogP) is -0.326. The van der Waals surface area contributed by atoms with Crippen molar-refractivity contribution in [2.45, 2.75) is 0 Å². The Labute approximate surface area is 138 Å². The summed E-state index contributed by atoms with van der Waals surface area (Å²) < 4.78 is 5.13. The second-order valence-electron chi connectivity index (χ2n) is 3.12. The third kappa shape index (κ3) is 3.05. The van der Waals surface area contributed by atoms with E-state index < -0.39 is 6.09 Å². The van der Waals surface area contributed by atoms with Crippen molar-refractivity contribution < 1.29 is 62.3 Å². The van der Waals surface area contributed by atoms with Crippen LogP contribution in [0.4, 0.5) is 4.79 Å². The molecule has 0 atom stereocenters. The van der Waals surface area contributed by atoms with Crippen molar-refractivity contribution in [2.24, 2.45) is 0 Å². The number of hydrogen-bond acceptors (Lipinski definition) is 2. The van der Waals surface area contributed by atoms with E-state index in [0.29, 0.717) is 5.75 Å². The second kappa shape index (κ2) is 6.37. The van der Waals surface area contributed by atoms with Crippen LogP contribution in [0.25, 0.3) is 10.8 Å². The first kappa shape index (κ1) is 13.7. The van der Waals surface area contributed by atoms with Gasteiger partial charge in [0.2, 0.25) is 0 Å². The standard InChI is InChI=1S/C12H11NO2.K.H/c1-13-12(14)15-11-8-4-6-9-5-2-3-7-10(9)11;;/h2-8H,1H3,(H,13,14);;/q;+1;-1. The fourth-order valence-corrected chi connectivity index (χ4v) is 1.44. The molecule has 0 heterocycles. The van der Waals surface area contributed by atoms with Crippen LogP contribution < -0.4 is 61.4 Å². The minimum Gasteiger partial charge on any atom is -1.00 e. The summed E-state index contributed by atoms with van der Waals surface area (Å²) in [6, 6.07) is 13.4. The molecule has 2 aromatic carbocycles. The molecule has 0 aliphatic rings. The van der Waals surface area contributed by atoms with Gasteiger partial charge in [0.1, 0.15) is 5.75 Å². The molecule has 0 bridgehead atoms. The van der Waals surface area contributed by atoms with Gasteiger partial charge in [-0.1, -0.05) is 36.4 Å². The third-order valence-corrected chi connectivity index (χ3v) is 2.16. The van der Waals surface area contributed by atoms with E-state index >= 15 is 0 Å². The zero-order chi connectivity index (χ0) is 10.7. The van der Waals surface area contributed by atoms with E-state index in [2.05, 4.69) is 5.32 Å². The smallest absolute Gasteiger partial charge is 1.00 e. The number of amides is 1. The van der Waals surface area contributed by atoms with Crippen LogP contribution in [-0.4, -0.2) is 13.1 Å². The Kier molecular flexibility index (Phi) is 5.44. The fraction of sp³-hybridized carbons (Fsp3) is 0.0833. The van der Waals surface area contributed by atoms with Gasteiger partial charge in [-0.2, -0.15) is 0 Å². The second-order valence-corrected chi connectivity index (χ2v) is 3.12. The number of fused-ring (bicyclic) bond motifs is 1. The molecule has 2 rings (SSSR count). The Hall–Kier alpha value is -0.394. The van der Waals surface area contributed by atoms with Crippen LogP contribution in [0, 0.1) is 0 Å². The Bertz CT molecular complexity index is 499. The summed E-state index contributed by atoms with van der Waals surface area (Å²) in [6.07, 6.45) is -0.452. The number of nitrogens with one attached hydrogen (secondary N) is 1. The van der Waals surface area contributed by atoms with Gasteiger partial charge >= 0.3 is 57.5 Å². The van der Waals surface area contributed by atoms with E-state index in [1.807, 2.05) is 36.4 Å².